The lowest BCUT2D eigenvalue weighted by atomic mass is 9.94. The van der Waals surface area contributed by atoms with Gasteiger partial charge in [0.1, 0.15) is 17.0 Å². The van der Waals surface area contributed by atoms with Crippen molar-refractivity contribution in [3.05, 3.63) is 78.4 Å². The molecule has 0 fully saturated rings. The van der Waals surface area contributed by atoms with E-state index in [1.807, 2.05) is 30.3 Å². The van der Waals surface area contributed by atoms with Gasteiger partial charge in [-0.05, 0) is 29.3 Å². The van der Waals surface area contributed by atoms with E-state index in [1.165, 1.54) is 25.3 Å². The average molecular weight is 450 g/mol. The number of hydrogen-bond donors (Lipinski definition) is 2. The van der Waals surface area contributed by atoms with Crippen LogP contribution >= 0.6 is 0 Å². The van der Waals surface area contributed by atoms with Crippen molar-refractivity contribution in [2.24, 2.45) is 5.14 Å². The molecule has 0 radical (unpaired) electrons. The summed E-state index contributed by atoms with van der Waals surface area (Å²) in [5.74, 6) is -0.766. The van der Waals surface area contributed by atoms with E-state index >= 15 is 0 Å². The third-order valence-corrected chi connectivity index (χ3v) is 5.84. The number of aromatic carboxylic acids is 1. The van der Waals surface area contributed by atoms with Crippen molar-refractivity contribution in [3.63, 3.8) is 0 Å². The van der Waals surface area contributed by atoms with Gasteiger partial charge in [-0.1, -0.05) is 53.7 Å². The van der Waals surface area contributed by atoms with Gasteiger partial charge in [0.05, 0.1) is 17.6 Å². The quantitative estimate of drug-likeness (QED) is 0.453. The van der Waals surface area contributed by atoms with Gasteiger partial charge in [0, 0.05) is 11.6 Å². The van der Waals surface area contributed by atoms with E-state index in [-0.39, 0.29) is 16.2 Å². The Morgan fingerprint density at radius 1 is 1.00 bits per heavy atom. The van der Waals surface area contributed by atoms with Crippen LogP contribution in [0.1, 0.15) is 10.4 Å². The minimum atomic E-state index is -3.85. The number of nitrogens with two attached hydrogens (primary N) is 1. The highest BCUT2D eigenvalue weighted by molar-refractivity contribution is 7.89. The fourth-order valence-corrected chi connectivity index (χ4v) is 3.93. The maximum Gasteiger partial charge on any atom is 0.339 e. The van der Waals surface area contributed by atoms with Crippen LogP contribution in [-0.2, 0) is 10.0 Å². The Balaban J connectivity index is 1.93. The lowest BCUT2D eigenvalue weighted by Crippen LogP contribution is -2.11. The normalized spacial score (nSPS) is 11.3. The average Bonchev–Trinajstić information content (AvgIpc) is 3.28. The first-order valence-electron chi connectivity index (χ1n) is 9.39. The molecule has 0 spiro atoms. The first-order valence-corrected chi connectivity index (χ1v) is 10.9. The van der Waals surface area contributed by atoms with Gasteiger partial charge in [0.25, 0.3) is 0 Å². The molecule has 0 bridgehead atoms. The third kappa shape index (κ3) is 3.98. The monoisotopic (exact) mass is 450 g/mol. The molecule has 0 saturated heterocycles. The molecule has 0 aliphatic rings. The topological polar surface area (TPSA) is 133 Å². The summed E-state index contributed by atoms with van der Waals surface area (Å²) in [7, 11) is -2.48. The van der Waals surface area contributed by atoms with E-state index in [1.54, 1.807) is 24.3 Å². The van der Waals surface area contributed by atoms with Crippen molar-refractivity contribution in [1.82, 2.24) is 5.16 Å². The van der Waals surface area contributed by atoms with Crippen LogP contribution in [0.2, 0.25) is 0 Å². The molecule has 0 aliphatic carbocycles. The number of carbonyl (C=O) groups is 1. The molecular weight excluding hydrogens is 432 g/mol. The number of carboxylic acid groups (broad SMARTS) is 1. The van der Waals surface area contributed by atoms with Gasteiger partial charge in [-0.15, -0.1) is 0 Å². The Morgan fingerprint density at radius 2 is 1.69 bits per heavy atom. The molecule has 3 N–H and O–H groups in total. The number of methoxy groups -OCH3 is 1. The Labute approximate surface area is 183 Å². The lowest BCUT2D eigenvalue weighted by molar-refractivity contribution is 0.0693. The summed E-state index contributed by atoms with van der Waals surface area (Å²) in [6, 6.07) is 20.0. The van der Waals surface area contributed by atoms with Crippen molar-refractivity contribution in [2.75, 3.05) is 7.11 Å². The minimum Gasteiger partial charge on any atom is -0.495 e. The minimum absolute atomic E-state index is 0.0389. The number of carboxylic acids is 1. The Bertz CT molecular complexity index is 1390. The molecule has 0 atom stereocenters. The molecule has 8 nitrogen and oxygen atoms in total. The second-order valence-electron chi connectivity index (χ2n) is 6.89. The first kappa shape index (κ1) is 21.3. The summed E-state index contributed by atoms with van der Waals surface area (Å²) in [6.45, 7) is 0. The zero-order chi connectivity index (χ0) is 22.9. The summed E-state index contributed by atoms with van der Waals surface area (Å²) in [4.78, 5) is 11.7. The van der Waals surface area contributed by atoms with E-state index in [0.717, 1.165) is 5.56 Å². The van der Waals surface area contributed by atoms with Crippen LogP contribution < -0.4 is 9.88 Å². The van der Waals surface area contributed by atoms with Crippen molar-refractivity contribution in [1.29, 1.82) is 0 Å². The number of rotatable bonds is 6. The predicted octanol–water partition coefficient (Wildman–Crippen LogP) is 4.03. The number of nitrogens with zero attached hydrogens (tertiary/aromatic N) is 1. The summed E-state index contributed by atoms with van der Waals surface area (Å²) in [5, 5.41) is 18.9. The van der Waals surface area contributed by atoms with E-state index in [2.05, 4.69) is 5.16 Å². The largest absolute Gasteiger partial charge is 0.495 e. The van der Waals surface area contributed by atoms with E-state index in [4.69, 9.17) is 14.4 Å². The standard InChI is InChI=1S/C23H18N2O6S/c1-30-22-18(23(26)27)12-11-17(14-7-9-16(10-8-14)32(24,28)29)21(22)20-13-19(25-31-20)15-5-3-2-4-6-15/h2-13H,1H3,(H,26,27)(H2,24,28,29). The molecule has 4 aromatic rings. The van der Waals surface area contributed by atoms with Crippen molar-refractivity contribution < 1.29 is 27.6 Å². The molecule has 0 amide bonds. The number of sulfonamides is 1. The smallest absolute Gasteiger partial charge is 0.339 e. The summed E-state index contributed by atoms with van der Waals surface area (Å²) in [5.41, 5.74) is 2.91. The van der Waals surface area contributed by atoms with Gasteiger partial charge in [-0.25, -0.2) is 18.4 Å². The van der Waals surface area contributed by atoms with Crippen molar-refractivity contribution in [2.45, 2.75) is 4.90 Å². The number of aromatic nitrogens is 1. The Morgan fingerprint density at radius 3 is 2.28 bits per heavy atom. The maximum atomic E-state index is 11.8. The molecule has 162 valence electrons. The second-order valence-corrected chi connectivity index (χ2v) is 8.45. The number of ether oxygens (including phenoxy) is 1. The maximum absolute atomic E-state index is 11.8. The van der Waals surface area contributed by atoms with Crippen LogP contribution in [0, 0.1) is 0 Å². The van der Waals surface area contributed by atoms with Gasteiger partial charge in [0.2, 0.25) is 10.0 Å². The summed E-state index contributed by atoms with van der Waals surface area (Å²) in [6.07, 6.45) is 0. The van der Waals surface area contributed by atoms with Crippen LogP contribution in [0.5, 0.6) is 5.75 Å². The predicted molar refractivity (Wildman–Crippen MR) is 118 cm³/mol. The fraction of sp³-hybridized carbons (Fsp3) is 0.0435. The van der Waals surface area contributed by atoms with Crippen LogP contribution in [-0.4, -0.2) is 31.8 Å². The Kier molecular flexibility index (Phi) is 5.52. The third-order valence-electron chi connectivity index (χ3n) is 4.91. The first-order chi connectivity index (χ1) is 15.3. The van der Waals surface area contributed by atoms with E-state index < -0.39 is 16.0 Å². The molecular formula is C23H18N2O6S. The highest BCUT2D eigenvalue weighted by Gasteiger charge is 2.24. The van der Waals surface area contributed by atoms with Crippen molar-refractivity contribution in [3.8, 4) is 39.5 Å². The van der Waals surface area contributed by atoms with Gasteiger partial charge >= 0.3 is 5.97 Å². The zero-order valence-corrected chi connectivity index (χ0v) is 17.7. The molecule has 0 saturated carbocycles. The lowest BCUT2D eigenvalue weighted by Gasteiger charge is -2.15. The van der Waals surface area contributed by atoms with Crippen LogP contribution in [0.25, 0.3) is 33.7 Å². The van der Waals surface area contributed by atoms with Gasteiger partial charge in [-0.3, -0.25) is 0 Å². The Hall–Kier alpha value is -3.95. The molecule has 3 aromatic carbocycles. The highest BCUT2D eigenvalue weighted by Crippen LogP contribution is 2.42. The van der Waals surface area contributed by atoms with E-state index in [0.29, 0.717) is 28.1 Å². The molecule has 0 unspecified atom stereocenters. The molecule has 9 heteroatoms. The van der Waals surface area contributed by atoms with Gasteiger partial charge < -0.3 is 14.4 Å². The summed E-state index contributed by atoms with van der Waals surface area (Å²) >= 11 is 0. The number of benzene rings is 3. The number of primary sulfonamides is 1. The molecule has 1 heterocycles. The highest BCUT2D eigenvalue weighted by atomic mass is 32.2. The SMILES string of the molecule is COc1c(C(=O)O)ccc(-c2ccc(S(N)(=O)=O)cc2)c1-c1cc(-c2ccccc2)no1. The fourth-order valence-electron chi connectivity index (χ4n) is 3.41. The number of hydrogen-bond acceptors (Lipinski definition) is 6. The zero-order valence-electron chi connectivity index (χ0n) is 16.8. The second kappa shape index (κ2) is 8.29. The van der Waals surface area contributed by atoms with Crippen LogP contribution in [0.15, 0.2) is 82.2 Å². The summed E-state index contributed by atoms with van der Waals surface area (Å²) < 4.78 is 34.2. The molecule has 1 aromatic heterocycles. The van der Waals surface area contributed by atoms with E-state index in [9.17, 15) is 18.3 Å². The molecule has 32 heavy (non-hydrogen) atoms. The van der Waals surface area contributed by atoms with Gasteiger partial charge in [0.15, 0.2) is 5.76 Å². The van der Waals surface area contributed by atoms with Gasteiger partial charge in [-0.2, -0.15) is 0 Å². The van der Waals surface area contributed by atoms with Crippen LogP contribution in [0.3, 0.4) is 0 Å². The molecule has 4 rings (SSSR count). The van der Waals surface area contributed by atoms with Crippen LogP contribution in [0.4, 0.5) is 0 Å². The van der Waals surface area contributed by atoms with Crippen molar-refractivity contribution >= 4 is 16.0 Å². The molecule has 0 aliphatic heterocycles.